The van der Waals surface area contributed by atoms with Crippen molar-refractivity contribution in [2.24, 2.45) is 0 Å². The molecule has 1 saturated heterocycles. The van der Waals surface area contributed by atoms with Gasteiger partial charge in [0.05, 0.1) is 25.8 Å². The molecule has 12 heteroatoms. The molecule has 0 bridgehead atoms. The number of amides is 1. The summed E-state index contributed by atoms with van der Waals surface area (Å²) in [6.07, 6.45) is 1.61. The van der Waals surface area contributed by atoms with Crippen molar-refractivity contribution >= 4 is 28.7 Å². The monoisotopic (exact) mass is 412 g/mol. The second kappa shape index (κ2) is 9.13. The van der Waals surface area contributed by atoms with E-state index in [1.165, 1.54) is 0 Å². The molecule has 2 aromatic heterocycles. The Labute approximate surface area is 171 Å². The second-order valence-corrected chi connectivity index (χ2v) is 6.28. The van der Waals surface area contributed by atoms with Gasteiger partial charge in [-0.1, -0.05) is 0 Å². The van der Waals surface area contributed by atoms with Gasteiger partial charge >= 0.3 is 0 Å². The zero-order valence-corrected chi connectivity index (χ0v) is 16.2. The van der Waals surface area contributed by atoms with Crippen molar-refractivity contribution in [2.75, 3.05) is 50.3 Å². The third kappa shape index (κ3) is 4.60. The minimum Gasteiger partial charge on any atom is -0.497 e. The summed E-state index contributed by atoms with van der Waals surface area (Å²) in [6.45, 7) is 2.37. The van der Waals surface area contributed by atoms with Crippen LogP contribution in [0.15, 0.2) is 30.5 Å². The van der Waals surface area contributed by atoms with E-state index >= 15 is 0 Å². The number of carbonyl (C=O) groups excluding carboxylic acids is 1. The number of rotatable bonds is 7. The summed E-state index contributed by atoms with van der Waals surface area (Å²) in [5.41, 5.74) is 5.72. The van der Waals surface area contributed by atoms with Gasteiger partial charge in [-0.05, 0) is 18.2 Å². The summed E-state index contributed by atoms with van der Waals surface area (Å²) in [5.74, 6) is 1.29. The molecule has 1 aromatic carbocycles. The van der Waals surface area contributed by atoms with Gasteiger partial charge in [0, 0.05) is 30.7 Å². The van der Waals surface area contributed by atoms with E-state index in [2.05, 4.69) is 36.2 Å². The van der Waals surface area contributed by atoms with Crippen molar-refractivity contribution in [3.63, 3.8) is 0 Å². The number of nitrogens with one attached hydrogen (secondary N) is 2. The van der Waals surface area contributed by atoms with Gasteiger partial charge in [0.1, 0.15) is 11.5 Å². The van der Waals surface area contributed by atoms with Gasteiger partial charge in [-0.25, -0.2) is 0 Å². The van der Waals surface area contributed by atoms with Gasteiger partial charge in [-0.3, -0.25) is 20.6 Å². The molecule has 1 aliphatic rings. The third-order valence-electron chi connectivity index (χ3n) is 4.34. The first-order chi connectivity index (χ1) is 14.7. The molecule has 12 nitrogen and oxygen atoms in total. The molecule has 0 aliphatic carbocycles. The minimum atomic E-state index is -0.422. The average molecular weight is 412 g/mol. The molecule has 1 aliphatic heterocycles. The highest BCUT2D eigenvalue weighted by Gasteiger charge is 2.15. The maximum atomic E-state index is 12.1. The summed E-state index contributed by atoms with van der Waals surface area (Å²) >= 11 is 0. The molecule has 0 spiro atoms. The first kappa shape index (κ1) is 19.5. The maximum absolute atomic E-state index is 12.1. The number of nitrogens with zero attached hydrogens (tertiary/aromatic N) is 6. The third-order valence-corrected chi connectivity index (χ3v) is 4.34. The topological polar surface area (TPSA) is 137 Å². The van der Waals surface area contributed by atoms with Gasteiger partial charge < -0.3 is 19.1 Å². The zero-order valence-electron chi connectivity index (χ0n) is 16.2. The lowest BCUT2D eigenvalue weighted by Crippen LogP contribution is -2.38. The number of aromatic nitrogens is 5. The van der Waals surface area contributed by atoms with E-state index in [9.17, 15) is 4.79 Å². The van der Waals surface area contributed by atoms with Gasteiger partial charge in [-0.2, -0.15) is 0 Å². The van der Waals surface area contributed by atoms with Crippen molar-refractivity contribution < 1.29 is 19.0 Å². The fourth-order valence-corrected chi connectivity index (χ4v) is 2.82. The van der Waals surface area contributed by atoms with Gasteiger partial charge in [0.25, 0.3) is 17.8 Å². The number of hydrazine groups is 1. The molecule has 1 fully saturated rings. The van der Waals surface area contributed by atoms with Gasteiger partial charge in [0.2, 0.25) is 0 Å². The largest absolute Gasteiger partial charge is 0.497 e. The molecule has 156 valence electrons. The van der Waals surface area contributed by atoms with E-state index in [-0.39, 0.29) is 12.6 Å². The van der Waals surface area contributed by atoms with E-state index in [0.29, 0.717) is 49.3 Å². The molecule has 30 heavy (non-hydrogen) atoms. The van der Waals surface area contributed by atoms with Crippen LogP contribution in [0.25, 0.3) is 10.9 Å². The lowest BCUT2D eigenvalue weighted by atomic mass is 10.2. The van der Waals surface area contributed by atoms with Crippen molar-refractivity contribution in [3.8, 4) is 11.5 Å². The lowest BCUT2D eigenvalue weighted by molar-refractivity contribution is -0.122. The van der Waals surface area contributed by atoms with Crippen LogP contribution in [0.1, 0.15) is 0 Å². The number of benzene rings is 1. The van der Waals surface area contributed by atoms with Crippen LogP contribution in [0.4, 0.5) is 11.9 Å². The predicted molar refractivity (Wildman–Crippen MR) is 106 cm³/mol. The molecule has 2 N–H and O–H groups in total. The molecule has 0 radical (unpaired) electrons. The summed E-state index contributed by atoms with van der Waals surface area (Å²) < 4.78 is 16.1. The summed E-state index contributed by atoms with van der Waals surface area (Å²) in [7, 11) is 1.59. The SMILES string of the molecule is COc1ccc2c(OCC(=O)NNc3nnc(N4CCOCC4)nn3)ccnc2c1. The van der Waals surface area contributed by atoms with Gasteiger partial charge in [-0.15, -0.1) is 20.4 Å². The molecule has 1 amide bonds. The van der Waals surface area contributed by atoms with E-state index in [1.807, 2.05) is 11.0 Å². The highest BCUT2D eigenvalue weighted by molar-refractivity contribution is 5.86. The molecule has 3 heterocycles. The Kier molecular flexibility index (Phi) is 5.94. The van der Waals surface area contributed by atoms with E-state index in [4.69, 9.17) is 14.2 Å². The highest BCUT2D eigenvalue weighted by Crippen LogP contribution is 2.26. The fraction of sp³-hybridized carbons (Fsp3) is 0.333. The van der Waals surface area contributed by atoms with E-state index in [0.717, 1.165) is 5.39 Å². The number of fused-ring (bicyclic) bond motifs is 1. The number of ether oxygens (including phenoxy) is 3. The normalized spacial score (nSPS) is 13.7. The van der Waals surface area contributed by atoms with E-state index < -0.39 is 5.91 Å². The van der Waals surface area contributed by atoms with Crippen LogP contribution >= 0.6 is 0 Å². The van der Waals surface area contributed by atoms with Crippen LogP contribution in [-0.2, 0) is 9.53 Å². The second-order valence-electron chi connectivity index (χ2n) is 6.28. The van der Waals surface area contributed by atoms with Crippen LogP contribution in [0.3, 0.4) is 0 Å². The average Bonchev–Trinajstić information content (AvgIpc) is 2.81. The number of hydrogen-bond donors (Lipinski definition) is 2. The number of hydrogen-bond acceptors (Lipinski definition) is 11. The Hall–Kier alpha value is -3.80. The smallest absolute Gasteiger partial charge is 0.280 e. The van der Waals surface area contributed by atoms with Crippen molar-refractivity contribution in [3.05, 3.63) is 30.5 Å². The first-order valence-electron chi connectivity index (χ1n) is 9.23. The van der Waals surface area contributed by atoms with Crippen molar-refractivity contribution in [1.29, 1.82) is 0 Å². The quantitative estimate of drug-likeness (QED) is 0.514. The minimum absolute atomic E-state index is 0.0711. The Bertz CT molecular complexity index is 1010. The molecular weight excluding hydrogens is 392 g/mol. The van der Waals surface area contributed by atoms with Crippen LogP contribution in [0, 0.1) is 0 Å². The standard InChI is InChI=1S/C18H20N8O4/c1-28-12-2-3-13-14(10-12)19-5-4-15(13)30-11-16(27)20-21-17-22-24-18(25-23-17)26-6-8-29-9-7-26/h2-5,10H,6-9,11H2,1H3,(H,20,27)(H,21,22,23). The fourth-order valence-electron chi connectivity index (χ4n) is 2.82. The molecule has 3 aromatic rings. The number of methoxy groups -OCH3 is 1. The molecule has 0 saturated carbocycles. The summed E-state index contributed by atoms with van der Waals surface area (Å²) in [4.78, 5) is 18.3. The maximum Gasteiger partial charge on any atom is 0.280 e. The summed E-state index contributed by atoms with van der Waals surface area (Å²) in [5, 5.41) is 16.6. The number of anilines is 2. The van der Waals surface area contributed by atoms with Crippen LogP contribution < -0.4 is 25.2 Å². The van der Waals surface area contributed by atoms with Crippen LogP contribution in [0.5, 0.6) is 11.5 Å². The van der Waals surface area contributed by atoms with Gasteiger partial charge in [0.15, 0.2) is 6.61 Å². The summed E-state index contributed by atoms with van der Waals surface area (Å²) in [6, 6.07) is 7.11. The Morgan fingerprint density at radius 2 is 1.97 bits per heavy atom. The Balaban J connectivity index is 1.29. The van der Waals surface area contributed by atoms with Crippen LogP contribution in [-0.4, -0.2) is 71.3 Å². The van der Waals surface area contributed by atoms with Crippen molar-refractivity contribution in [1.82, 2.24) is 30.8 Å². The Morgan fingerprint density at radius 1 is 1.17 bits per heavy atom. The van der Waals surface area contributed by atoms with Crippen LogP contribution in [0.2, 0.25) is 0 Å². The predicted octanol–water partition coefficient (Wildman–Crippen LogP) is 0.182. The molecule has 4 rings (SSSR count). The van der Waals surface area contributed by atoms with Crippen molar-refractivity contribution in [2.45, 2.75) is 0 Å². The lowest BCUT2D eigenvalue weighted by Gasteiger charge is -2.25. The molecule has 0 atom stereocenters. The number of pyridine rings is 1. The molecule has 0 unspecified atom stereocenters. The highest BCUT2D eigenvalue weighted by atomic mass is 16.5. The first-order valence-corrected chi connectivity index (χ1v) is 9.23. The molecular formula is C18H20N8O4. The number of morpholine rings is 1. The number of carbonyl (C=O) groups is 1. The Morgan fingerprint density at radius 3 is 2.73 bits per heavy atom. The zero-order chi connectivity index (χ0) is 20.8. The van der Waals surface area contributed by atoms with E-state index in [1.54, 1.807) is 31.5 Å².